The third-order valence-electron chi connectivity index (χ3n) is 4.17. The molecule has 1 heterocycles. The zero-order valence-corrected chi connectivity index (χ0v) is 18.8. The van der Waals surface area contributed by atoms with Gasteiger partial charge in [-0.3, -0.25) is 4.99 Å². The number of para-hydroxylation sites is 2. The summed E-state index contributed by atoms with van der Waals surface area (Å²) >= 11 is 0. The van der Waals surface area contributed by atoms with Gasteiger partial charge in [-0.15, -0.1) is 24.0 Å². The highest BCUT2D eigenvalue weighted by Gasteiger charge is 2.21. The van der Waals surface area contributed by atoms with Crippen molar-refractivity contribution in [1.29, 1.82) is 0 Å². The summed E-state index contributed by atoms with van der Waals surface area (Å²) in [6, 6.07) is 7.55. The lowest BCUT2D eigenvalue weighted by Gasteiger charge is -2.38. The number of benzene rings is 1. The summed E-state index contributed by atoms with van der Waals surface area (Å²) in [6.07, 6.45) is 0. The Kier molecular flexibility index (Phi) is 9.49. The Morgan fingerprint density at radius 1 is 1.15 bits per heavy atom. The monoisotopic (exact) mass is 475 g/mol. The van der Waals surface area contributed by atoms with Gasteiger partial charge in [-0.2, -0.15) is 0 Å². The van der Waals surface area contributed by atoms with E-state index in [4.69, 9.17) is 4.99 Å². The number of halogens is 1. The van der Waals surface area contributed by atoms with Gasteiger partial charge in [-0.25, -0.2) is 0 Å². The van der Waals surface area contributed by atoms with E-state index in [-0.39, 0.29) is 29.5 Å². The highest BCUT2D eigenvalue weighted by molar-refractivity contribution is 14.0. The smallest absolute Gasteiger partial charge is 0.194 e. The van der Waals surface area contributed by atoms with E-state index >= 15 is 0 Å². The van der Waals surface area contributed by atoms with Gasteiger partial charge in [-0.1, -0.05) is 12.1 Å². The van der Waals surface area contributed by atoms with Crippen LogP contribution < -0.4 is 15.5 Å². The van der Waals surface area contributed by atoms with Crippen molar-refractivity contribution in [2.75, 3.05) is 50.7 Å². The lowest BCUT2D eigenvalue weighted by atomic mass is 10.1. The van der Waals surface area contributed by atoms with Gasteiger partial charge in [0.05, 0.1) is 12.2 Å². The molecule has 1 aromatic carbocycles. The molecule has 1 aliphatic heterocycles. The maximum absolute atomic E-state index is 10.0. The Morgan fingerprint density at radius 3 is 2.38 bits per heavy atom. The summed E-state index contributed by atoms with van der Waals surface area (Å²) in [5.74, 6) is 1.33. The van der Waals surface area contributed by atoms with Gasteiger partial charge in [0.2, 0.25) is 0 Å². The van der Waals surface area contributed by atoms with Gasteiger partial charge in [0.1, 0.15) is 5.75 Å². The molecule has 1 aliphatic rings. The minimum atomic E-state index is 0. The second-order valence-electron chi connectivity index (χ2n) is 7.38. The summed E-state index contributed by atoms with van der Waals surface area (Å²) < 4.78 is 0. The third-order valence-corrected chi connectivity index (χ3v) is 4.17. The number of nitrogens with one attached hydrogen (secondary N) is 2. The molecule has 0 aromatic heterocycles. The number of aromatic hydroxyl groups is 1. The van der Waals surface area contributed by atoms with Crippen LogP contribution in [0, 0.1) is 0 Å². The van der Waals surface area contributed by atoms with Crippen molar-refractivity contribution >= 4 is 35.6 Å². The average molecular weight is 475 g/mol. The molecule has 0 saturated carbocycles. The van der Waals surface area contributed by atoms with E-state index in [1.165, 1.54) is 0 Å². The molecule has 6 nitrogen and oxygen atoms in total. The second kappa shape index (κ2) is 10.8. The summed E-state index contributed by atoms with van der Waals surface area (Å²) in [6.45, 7) is 14.6. The zero-order chi connectivity index (χ0) is 18.3. The Hall–Kier alpha value is -1.22. The van der Waals surface area contributed by atoms with Crippen LogP contribution in [0.1, 0.15) is 27.7 Å². The normalized spacial score (nSPS) is 15.6. The summed E-state index contributed by atoms with van der Waals surface area (Å²) in [4.78, 5) is 9.29. The van der Waals surface area contributed by atoms with Gasteiger partial charge in [0.25, 0.3) is 0 Å². The molecule has 7 heteroatoms. The molecule has 3 N–H and O–H groups in total. The lowest BCUT2D eigenvalue weighted by Crippen LogP contribution is -2.52. The van der Waals surface area contributed by atoms with E-state index in [0.717, 1.165) is 57.5 Å². The molecule has 0 radical (unpaired) electrons. The van der Waals surface area contributed by atoms with Crippen LogP contribution in [0.2, 0.25) is 0 Å². The molecule has 0 aliphatic carbocycles. The second-order valence-corrected chi connectivity index (χ2v) is 7.38. The molecule has 0 unspecified atom stereocenters. The standard InChI is InChI=1S/C19H33N5O.HI/c1-5-20-18(21-10-11-22-19(2,3)4)24-14-12-23(13-15-24)16-8-6-7-9-17(16)25;/h6-9,22,25H,5,10-15H2,1-4H3,(H,20,21);1H. The predicted octanol–water partition coefficient (Wildman–Crippen LogP) is 2.49. The van der Waals surface area contributed by atoms with Crippen LogP contribution in [-0.4, -0.2) is 67.3 Å². The van der Waals surface area contributed by atoms with E-state index in [9.17, 15) is 5.11 Å². The van der Waals surface area contributed by atoms with E-state index in [1.807, 2.05) is 18.2 Å². The number of rotatable bonds is 5. The first-order valence-electron chi connectivity index (χ1n) is 9.22. The Balaban J connectivity index is 0.00000338. The number of nitrogens with zero attached hydrogens (tertiary/aromatic N) is 3. The maximum Gasteiger partial charge on any atom is 0.194 e. The van der Waals surface area contributed by atoms with Crippen LogP contribution in [0.5, 0.6) is 5.75 Å². The van der Waals surface area contributed by atoms with Crippen molar-refractivity contribution in [3.63, 3.8) is 0 Å². The van der Waals surface area contributed by atoms with Crippen molar-refractivity contribution in [1.82, 2.24) is 15.5 Å². The topological polar surface area (TPSA) is 63.1 Å². The molecule has 1 saturated heterocycles. The number of aliphatic imine (C=N–C) groups is 1. The van der Waals surface area contributed by atoms with Crippen molar-refractivity contribution in [3.05, 3.63) is 24.3 Å². The summed E-state index contributed by atoms with van der Waals surface area (Å²) in [5, 5.41) is 16.9. The van der Waals surface area contributed by atoms with Crippen LogP contribution in [0.3, 0.4) is 0 Å². The molecule has 0 amide bonds. The van der Waals surface area contributed by atoms with Crippen LogP contribution >= 0.6 is 24.0 Å². The summed E-state index contributed by atoms with van der Waals surface area (Å²) in [5.41, 5.74) is 1.04. The first kappa shape index (κ1) is 22.8. The number of hydrogen-bond acceptors (Lipinski definition) is 4. The molecular formula is C19H34IN5O. The predicted molar refractivity (Wildman–Crippen MR) is 121 cm³/mol. The first-order valence-corrected chi connectivity index (χ1v) is 9.22. The number of phenols is 1. The van der Waals surface area contributed by atoms with Crippen molar-refractivity contribution in [3.8, 4) is 5.75 Å². The number of anilines is 1. The van der Waals surface area contributed by atoms with Crippen LogP contribution in [0.4, 0.5) is 5.69 Å². The molecule has 1 aromatic rings. The fraction of sp³-hybridized carbons (Fsp3) is 0.632. The van der Waals surface area contributed by atoms with E-state index in [0.29, 0.717) is 5.75 Å². The zero-order valence-electron chi connectivity index (χ0n) is 16.5. The quantitative estimate of drug-likeness (QED) is 0.265. The minimum absolute atomic E-state index is 0. The highest BCUT2D eigenvalue weighted by Crippen LogP contribution is 2.27. The van der Waals surface area contributed by atoms with Crippen molar-refractivity contribution in [2.45, 2.75) is 33.2 Å². The molecule has 0 spiro atoms. The van der Waals surface area contributed by atoms with E-state index in [1.54, 1.807) is 6.07 Å². The van der Waals surface area contributed by atoms with Gasteiger partial charge in [-0.05, 0) is 39.8 Å². The number of phenolic OH excluding ortho intramolecular Hbond substituents is 1. The third kappa shape index (κ3) is 7.19. The Bertz CT molecular complexity index is 565. The van der Waals surface area contributed by atoms with E-state index in [2.05, 4.69) is 48.1 Å². The highest BCUT2D eigenvalue weighted by atomic mass is 127. The van der Waals surface area contributed by atoms with Crippen LogP contribution in [-0.2, 0) is 0 Å². The van der Waals surface area contributed by atoms with Crippen LogP contribution in [0.15, 0.2) is 29.3 Å². The Labute approximate surface area is 175 Å². The largest absolute Gasteiger partial charge is 0.506 e. The first-order chi connectivity index (χ1) is 11.9. The molecule has 0 bridgehead atoms. The Morgan fingerprint density at radius 2 is 1.81 bits per heavy atom. The molecule has 148 valence electrons. The molecule has 26 heavy (non-hydrogen) atoms. The fourth-order valence-electron chi connectivity index (χ4n) is 2.91. The minimum Gasteiger partial charge on any atom is -0.506 e. The number of hydrogen-bond donors (Lipinski definition) is 3. The summed E-state index contributed by atoms with van der Waals surface area (Å²) in [7, 11) is 0. The lowest BCUT2D eigenvalue weighted by molar-refractivity contribution is 0.369. The molecule has 2 rings (SSSR count). The van der Waals surface area contributed by atoms with Crippen molar-refractivity contribution in [2.24, 2.45) is 4.99 Å². The van der Waals surface area contributed by atoms with Gasteiger partial charge >= 0.3 is 0 Å². The number of guanidine groups is 1. The van der Waals surface area contributed by atoms with E-state index < -0.39 is 0 Å². The van der Waals surface area contributed by atoms with Crippen molar-refractivity contribution < 1.29 is 5.11 Å². The van der Waals surface area contributed by atoms with Gasteiger partial charge in [0.15, 0.2) is 5.96 Å². The molecule has 0 atom stereocenters. The number of piperazine rings is 1. The fourth-order valence-corrected chi connectivity index (χ4v) is 2.91. The molecule has 1 fully saturated rings. The van der Waals surface area contributed by atoms with Crippen LogP contribution in [0.25, 0.3) is 0 Å². The average Bonchev–Trinajstić information content (AvgIpc) is 2.57. The van der Waals surface area contributed by atoms with Gasteiger partial charge in [0, 0.05) is 44.8 Å². The maximum atomic E-state index is 10.0. The van der Waals surface area contributed by atoms with Gasteiger partial charge < -0.3 is 25.5 Å². The SMILES string of the molecule is CCNC(=NCCNC(C)(C)C)N1CCN(c2ccccc2O)CC1.I. The molecular weight excluding hydrogens is 441 g/mol.